The van der Waals surface area contributed by atoms with Gasteiger partial charge in [-0.1, -0.05) is 0 Å². The maximum atomic E-state index is 5.75. The summed E-state index contributed by atoms with van der Waals surface area (Å²) in [6.07, 6.45) is 0.428. The Bertz CT molecular complexity index is 136. The molecule has 0 heterocycles. The van der Waals surface area contributed by atoms with Crippen molar-refractivity contribution in [2.75, 3.05) is 0 Å². The molecular weight excluding hydrogens is 232 g/mol. The minimum atomic E-state index is -2.44. The molecule has 0 atom stereocenters. The van der Waals surface area contributed by atoms with E-state index in [9.17, 15) is 0 Å². The van der Waals surface area contributed by atoms with Crippen LogP contribution in [0.15, 0.2) is 0 Å². The van der Waals surface area contributed by atoms with Crippen LogP contribution in [0.1, 0.15) is 41.5 Å². The highest BCUT2D eigenvalue weighted by Crippen LogP contribution is 2.16. The first-order chi connectivity index (χ1) is 6.25. The predicted octanol–water partition coefficient (Wildman–Crippen LogP) is 3.25. The van der Waals surface area contributed by atoms with E-state index in [-0.39, 0.29) is 30.7 Å². The lowest BCUT2D eigenvalue weighted by Gasteiger charge is -2.31. The highest BCUT2D eigenvalue weighted by molar-refractivity contribution is 6.59. The van der Waals surface area contributed by atoms with Crippen LogP contribution in [0.5, 0.6) is 0 Å². The van der Waals surface area contributed by atoms with E-state index in [1.807, 2.05) is 48.1 Å². The largest absolute Gasteiger partial charge is 0.498 e. The third-order valence-corrected chi connectivity index (χ3v) is 4.05. The summed E-state index contributed by atoms with van der Waals surface area (Å²) in [4.78, 5) is 0. The van der Waals surface area contributed by atoms with E-state index in [2.05, 4.69) is 0 Å². The van der Waals surface area contributed by atoms with Crippen LogP contribution in [0.4, 0.5) is 0 Å². The van der Waals surface area contributed by atoms with Gasteiger partial charge in [-0.05, 0) is 41.5 Å². The van der Waals surface area contributed by atoms with Crippen molar-refractivity contribution in [3.8, 4) is 0 Å². The molecule has 0 N–H and O–H groups in total. The van der Waals surface area contributed by atoms with E-state index >= 15 is 0 Å². The number of hydrogen-bond donors (Lipinski definition) is 0. The first kappa shape index (κ1) is 17.8. The maximum absolute atomic E-state index is 5.75. The normalized spacial score (nSPS) is 12.4. The fourth-order valence-electron chi connectivity index (χ4n) is 1.37. The minimum Gasteiger partial charge on any atom is -0.371 e. The molecule has 0 amide bonds. The van der Waals surface area contributed by atoms with E-state index in [1.165, 1.54) is 0 Å². The lowest BCUT2D eigenvalue weighted by atomic mass is 10.5. The molecular formula is C10H25ClO3Si. The van der Waals surface area contributed by atoms with Crippen molar-refractivity contribution in [3.63, 3.8) is 0 Å². The Morgan fingerprint density at radius 3 is 1.00 bits per heavy atom. The van der Waals surface area contributed by atoms with Crippen LogP contribution < -0.4 is 0 Å². The van der Waals surface area contributed by atoms with Gasteiger partial charge in [-0.25, -0.2) is 0 Å². The monoisotopic (exact) mass is 256 g/mol. The molecule has 0 aromatic carbocycles. The summed E-state index contributed by atoms with van der Waals surface area (Å²) in [5.74, 6) is 0. The number of rotatable bonds is 6. The Balaban J connectivity index is 0. The molecule has 0 radical (unpaired) electrons. The number of hydrogen-bond acceptors (Lipinski definition) is 3. The Labute approximate surface area is 101 Å². The van der Waals surface area contributed by atoms with Crippen LogP contribution in [0, 0.1) is 0 Å². The lowest BCUT2D eigenvalue weighted by Crippen LogP contribution is -2.47. The van der Waals surface area contributed by atoms with Crippen LogP contribution >= 0.6 is 12.4 Å². The Kier molecular flexibility index (Phi) is 9.04. The van der Waals surface area contributed by atoms with Gasteiger partial charge in [-0.3, -0.25) is 0 Å². The smallest absolute Gasteiger partial charge is 0.371 e. The van der Waals surface area contributed by atoms with Gasteiger partial charge in [0.1, 0.15) is 0 Å². The van der Waals surface area contributed by atoms with E-state index in [4.69, 9.17) is 13.3 Å². The maximum Gasteiger partial charge on any atom is 0.498 e. The molecule has 0 spiro atoms. The minimum absolute atomic E-state index is 0. The van der Waals surface area contributed by atoms with Gasteiger partial charge in [0.05, 0.1) is 0 Å². The summed E-state index contributed by atoms with van der Waals surface area (Å²) < 4.78 is 17.3. The summed E-state index contributed by atoms with van der Waals surface area (Å²) in [5.41, 5.74) is 0. The molecule has 0 unspecified atom stereocenters. The van der Waals surface area contributed by atoms with Crippen LogP contribution in [-0.4, -0.2) is 27.1 Å². The SMILES string of the molecule is CC(C)O[Si](C)(OC(C)C)OC(C)C.Cl. The van der Waals surface area contributed by atoms with E-state index in [0.29, 0.717) is 0 Å². The van der Waals surface area contributed by atoms with Crippen LogP contribution in [0.25, 0.3) is 0 Å². The molecule has 0 fully saturated rings. The molecule has 0 rings (SSSR count). The quantitative estimate of drug-likeness (QED) is 0.683. The third-order valence-electron chi connectivity index (χ3n) is 1.35. The second-order valence-electron chi connectivity index (χ2n) is 4.36. The first-order valence-electron chi connectivity index (χ1n) is 5.28. The average Bonchev–Trinajstić information content (AvgIpc) is 1.76. The van der Waals surface area contributed by atoms with Gasteiger partial charge in [0, 0.05) is 24.9 Å². The van der Waals surface area contributed by atoms with Crippen molar-refractivity contribution < 1.29 is 13.3 Å². The van der Waals surface area contributed by atoms with Gasteiger partial charge in [-0.2, -0.15) is 0 Å². The van der Waals surface area contributed by atoms with E-state index in [1.54, 1.807) is 0 Å². The zero-order chi connectivity index (χ0) is 11.4. The fourth-order valence-corrected chi connectivity index (χ4v) is 4.10. The van der Waals surface area contributed by atoms with E-state index < -0.39 is 8.80 Å². The molecule has 0 aliphatic rings. The first-order valence-corrected chi connectivity index (χ1v) is 7.51. The van der Waals surface area contributed by atoms with Crippen molar-refractivity contribution in [1.82, 2.24) is 0 Å². The second-order valence-corrected chi connectivity index (χ2v) is 6.79. The summed E-state index contributed by atoms with van der Waals surface area (Å²) in [7, 11) is -2.44. The van der Waals surface area contributed by atoms with Gasteiger partial charge in [0.2, 0.25) is 0 Å². The van der Waals surface area contributed by atoms with Crippen molar-refractivity contribution >= 4 is 21.2 Å². The highest BCUT2D eigenvalue weighted by Gasteiger charge is 2.38. The van der Waals surface area contributed by atoms with Crippen LogP contribution in [-0.2, 0) is 13.3 Å². The van der Waals surface area contributed by atoms with Crippen molar-refractivity contribution in [2.45, 2.75) is 66.4 Å². The van der Waals surface area contributed by atoms with Crippen LogP contribution in [0.3, 0.4) is 0 Å². The third kappa shape index (κ3) is 9.32. The molecule has 0 aromatic rings. The summed E-state index contributed by atoms with van der Waals surface area (Å²) in [6, 6.07) is 0. The fraction of sp³-hybridized carbons (Fsp3) is 1.00. The van der Waals surface area contributed by atoms with Gasteiger partial charge in [0.25, 0.3) is 0 Å². The van der Waals surface area contributed by atoms with Crippen molar-refractivity contribution in [2.24, 2.45) is 0 Å². The zero-order valence-corrected chi connectivity index (χ0v) is 12.7. The average molecular weight is 257 g/mol. The molecule has 0 saturated heterocycles. The number of halogens is 1. The Morgan fingerprint density at radius 1 is 0.667 bits per heavy atom. The van der Waals surface area contributed by atoms with Gasteiger partial charge < -0.3 is 13.3 Å². The molecule has 0 bridgehead atoms. The molecule has 15 heavy (non-hydrogen) atoms. The van der Waals surface area contributed by atoms with Gasteiger partial charge in [-0.15, -0.1) is 12.4 Å². The molecule has 0 aliphatic heterocycles. The predicted molar refractivity (Wildman–Crippen MR) is 67.5 cm³/mol. The molecule has 0 aliphatic carbocycles. The molecule has 94 valence electrons. The van der Waals surface area contributed by atoms with Crippen molar-refractivity contribution in [3.05, 3.63) is 0 Å². The molecule has 5 heteroatoms. The van der Waals surface area contributed by atoms with Crippen LogP contribution in [0.2, 0.25) is 6.55 Å². The van der Waals surface area contributed by atoms with Gasteiger partial charge in [0.15, 0.2) is 0 Å². The zero-order valence-electron chi connectivity index (χ0n) is 10.9. The summed E-state index contributed by atoms with van der Waals surface area (Å²) >= 11 is 0. The van der Waals surface area contributed by atoms with Crippen molar-refractivity contribution in [1.29, 1.82) is 0 Å². The van der Waals surface area contributed by atoms with E-state index in [0.717, 1.165) is 0 Å². The highest BCUT2D eigenvalue weighted by atomic mass is 35.5. The summed E-state index contributed by atoms with van der Waals surface area (Å²) in [5, 5.41) is 0. The Morgan fingerprint density at radius 2 is 0.867 bits per heavy atom. The molecule has 0 aromatic heterocycles. The standard InChI is InChI=1S/C10H24O3Si.ClH/c1-8(2)11-14(7,12-9(3)4)13-10(5)6;/h8-10H,1-7H3;1H. The van der Waals surface area contributed by atoms with Gasteiger partial charge >= 0.3 is 8.80 Å². The topological polar surface area (TPSA) is 27.7 Å². The second kappa shape index (κ2) is 7.63. The lowest BCUT2D eigenvalue weighted by molar-refractivity contribution is 0.00886. The Hall–Kier alpha value is 0.387. The summed E-state index contributed by atoms with van der Waals surface area (Å²) in [6.45, 7) is 13.9. The molecule has 0 saturated carbocycles. The molecule has 3 nitrogen and oxygen atoms in total.